The fraction of sp³-hybridized carbons (Fsp3) is 0.571. The van der Waals surface area contributed by atoms with Gasteiger partial charge in [-0.1, -0.05) is 0 Å². The van der Waals surface area contributed by atoms with E-state index < -0.39 is 17.7 Å². The lowest BCUT2D eigenvalue weighted by Gasteiger charge is -2.13. The summed E-state index contributed by atoms with van der Waals surface area (Å²) in [6.07, 6.45) is -0.0509. The van der Waals surface area contributed by atoms with Gasteiger partial charge in [0.25, 0.3) is 0 Å². The molecule has 1 aromatic carbocycles. The molecule has 19 heavy (non-hydrogen) atoms. The van der Waals surface area contributed by atoms with Crippen LogP contribution in [0.2, 0.25) is 0 Å². The molecule has 1 rings (SSSR count). The number of rotatable bonds is 8. The van der Waals surface area contributed by atoms with Gasteiger partial charge in [0.05, 0.1) is 12.2 Å². The van der Waals surface area contributed by atoms with Crippen LogP contribution in [-0.2, 0) is 4.74 Å². The predicted molar refractivity (Wildman–Crippen MR) is 69.9 cm³/mol. The van der Waals surface area contributed by atoms with E-state index in [1.165, 1.54) is 0 Å². The third-order valence-electron chi connectivity index (χ3n) is 2.60. The van der Waals surface area contributed by atoms with Gasteiger partial charge in [-0.15, -0.1) is 0 Å². The van der Waals surface area contributed by atoms with Crippen LogP contribution in [0.4, 0.5) is 8.78 Å². The molecule has 0 radical (unpaired) electrons. The number of hydrogen-bond acceptors (Lipinski definition) is 3. The number of hydrogen-bond donors (Lipinski definition) is 2. The highest BCUT2D eigenvalue weighted by molar-refractivity contribution is 5.21. The first kappa shape index (κ1) is 16.0. The van der Waals surface area contributed by atoms with E-state index in [4.69, 9.17) is 4.74 Å². The van der Waals surface area contributed by atoms with Crippen molar-refractivity contribution in [2.24, 2.45) is 0 Å². The van der Waals surface area contributed by atoms with E-state index in [2.05, 4.69) is 5.32 Å². The lowest BCUT2D eigenvalue weighted by Crippen LogP contribution is -2.24. The van der Waals surface area contributed by atoms with Gasteiger partial charge in [-0.25, -0.2) is 8.78 Å². The largest absolute Gasteiger partial charge is 0.387 e. The minimum absolute atomic E-state index is 0.0223. The summed E-state index contributed by atoms with van der Waals surface area (Å²) < 4.78 is 31.7. The smallest absolute Gasteiger partial charge is 0.129 e. The second-order valence-corrected chi connectivity index (χ2v) is 4.66. The summed E-state index contributed by atoms with van der Waals surface area (Å²) in [6.45, 7) is 5.39. The van der Waals surface area contributed by atoms with Crippen LogP contribution in [0.25, 0.3) is 0 Å². The highest BCUT2D eigenvalue weighted by Crippen LogP contribution is 2.17. The van der Waals surface area contributed by atoms with E-state index in [0.29, 0.717) is 13.2 Å². The summed E-state index contributed by atoms with van der Waals surface area (Å²) in [6, 6.07) is 3.07. The highest BCUT2D eigenvalue weighted by Gasteiger charge is 2.13. The molecule has 2 N–H and O–H groups in total. The van der Waals surface area contributed by atoms with Gasteiger partial charge >= 0.3 is 0 Å². The Morgan fingerprint density at radius 3 is 2.74 bits per heavy atom. The number of ether oxygens (including phenoxy) is 1. The van der Waals surface area contributed by atoms with E-state index in [1.807, 2.05) is 13.8 Å². The Bertz CT molecular complexity index is 386. The molecule has 0 aliphatic heterocycles. The van der Waals surface area contributed by atoms with Crippen molar-refractivity contribution < 1.29 is 18.6 Å². The van der Waals surface area contributed by atoms with Crippen molar-refractivity contribution in [3.63, 3.8) is 0 Å². The molecule has 1 atom stereocenters. The highest BCUT2D eigenvalue weighted by atomic mass is 19.1. The number of benzene rings is 1. The molecule has 0 bridgehead atoms. The zero-order valence-corrected chi connectivity index (χ0v) is 11.3. The summed E-state index contributed by atoms with van der Waals surface area (Å²) >= 11 is 0. The maximum Gasteiger partial charge on any atom is 0.129 e. The Morgan fingerprint density at radius 1 is 1.32 bits per heavy atom. The van der Waals surface area contributed by atoms with Gasteiger partial charge in [0.15, 0.2) is 0 Å². The molecule has 0 saturated carbocycles. The van der Waals surface area contributed by atoms with Crippen LogP contribution in [0, 0.1) is 11.6 Å². The molecule has 5 heteroatoms. The molecule has 0 amide bonds. The van der Waals surface area contributed by atoms with Crippen LogP contribution in [-0.4, -0.2) is 30.9 Å². The van der Waals surface area contributed by atoms with Gasteiger partial charge in [-0.3, -0.25) is 0 Å². The molecule has 0 aromatic heterocycles. The van der Waals surface area contributed by atoms with Crippen LogP contribution in [0.3, 0.4) is 0 Å². The molecule has 1 unspecified atom stereocenters. The molecule has 108 valence electrons. The Morgan fingerprint density at radius 2 is 2.05 bits per heavy atom. The molecule has 0 spiro atoms. The summed E-state index contributed by atoms with van der Waals surface area (Å²) in [5.41, 5.74) is -0.0223. The third kappa shape index (κ3) is 6.09. The molecule has 0 saturated heterocycles. The predicted octanol–water partition coefficient (Wildman–Crippen LogP) is 2.40. The normalized spacial score (nSPS) is 12.9. The first-order valence-electron chi connectivity index (χ1n) is 6.46. The van der Waals surface area contributed by atoms with Crippen LogP contribution >= 0.6 is 0 Å². The van der Waals surface area contributed by atoms with Crippen molar-refractivity contribution in [1.29, 1.82) is 0 Å². The molecule has 3 nitrogen and oxygen atoms in total. The van der Waals surface area contributed by atoms with E-state index in [1.54, 1.807) is 0 Å². The summed E-state index contributed by atoms with van der Waals surface area (Å²) in [7, 11) is 0. The fourth-order valence-electron chi connectivity index (χ4n) is 1.63. The first-order chi connectivity index (χ1) is 9.00. The zero-order chi connectivity index (χ0) is 14.3. The fourth-order valence-corrected chi connectivity index (χ4v) is 1.63. The van der Waals surface area contributed by atoms with Crippen LogP contribution < -0.4 is 5.32 Å². The van der Waals surface area contributed by atoms with Crippen LogP contribution in [0.1, 0.15) is 31.9 Å². The molecule has 0 aliphatic carbocycles. The second-order valence-electron chi connectivity index (χ2n) is 4.66. The van der Waals surface area contributed by atoms with Crippen molar-refractivity contribution in [3.8, 4) is 0 Å². The average Bonchev–Trinajstić information content (AvgIpc) is 2.36. The van der Waals surface area contributed by atoms with E-state index >= 15 is 0 Å². The maximum atomic E-state index is 13.4. The topological polar surface area (TPSA) is 41.5 Å². The molecule has 0 aliphatic rings. The monoisotopic (exact) mass is 273 g/mol. The van der Waals surface area contributed by atoms with E-state index in [-0.39, 0.29) is 18.2 Å². The lowest BCUT2D eigenvalue weighted by atomic mass is 10.1. The van der Waals surface area contributed by atoms with Crippen molar-refractivity contribution in [1.82, 2.24) is 5.32 Å². The Kier molecular flexibility index (Phi) is 6.91. The second kappa shape index (κ2) is 8.19. The molecule has 0 fully saturated rings. The van der Waals surface area contributed by atoms with Crippen molar-refractivity contribution in [3.05, 3.63) is 35.4 Å². The van der Waals surface area contributed by atoms with Gasteiger partial charge in [-0.05, 0) is 45.0 Å². The summed E-state index contributed by atoms with van der Waals surface area (Å²) in [4.78, 5) is 0. The quantitative estimate of drug-likeness (QED) is 0.715. The third-order valence-corrected chi connectivity index (χ3v) is 2.60. The van der Waals surface area contributed by atoms with Gasteiger partial charge in [0, 0.05) is 18.7 Å². The number of nitrogens with one attached hydrogen (secondary N) is 1. The Labute approximate surface area is 112 Å². The number of halogens is 2. The Balaban J connectivity index is 2.27. The van der Waals surface area contributed by atoms with Crippen molar-refractivity contribution in [2.75, 3.05) is 19.7 Å². The van der Waals surface area contributed by atoms with Gasteiger partial charge in [0.2, 0.25) is 0 Å². The molecule has 1 aromatic rings. The molecular weight excluding hydrogens is 252 g/mol. The SMILES string of the molecule is CC(C)OCCCNCC(O)c1cc(F)ccc1F. The van der Waals surface area contributed by atoms with E-state index in [9.17, 15) is 13.9 Å². The lowest BCUT2D eigenvalue weighted by molar-refractivity contribution is 0.0762. The van der Waals surface area contributed by atoms with Gasteiger partial charge in [-0.2, -0.15) is 0 Å². The zero-order valence-electron chi connectivity index (χ0n) is 11.3. The van der Waals surface area contributed by atoms with Crippen molar-refractivity contribution in [2.45, 2.75) is 32.5 Å². The maximum absolute atomic E-state index is 13.4. The number of aliphatic hydroxyl groups excluding tert-OH is 1. The first-order valence-corrected chi connectivity index (χ1v) is 6.46. The molecular formula is C14H21F2NO2. The van der Waals surface area contributed by atoms with Gasteiger partial charge < -0.3 is 15.2 Å². The summed E-state index contributed by atoms with van der Waals surface area (Å²) in [5, 5.41) is 12.8. The standard InChI is InChI=1S/C14H21F2NO2/c1-10(2)19-7-3-6-17-9-14(18)12-8-11(15)4-5-13(12)16/h4-5,8,10,14,17-18H,3,6-7,9H2,1-2H3. The Hall–Kier alpha value is -1.04. The minimum atomic E-state index is -1.05. The minimum Gasteiger partial charge on any atom is -0.387 e. The molecule has 0 heterocycles. The van der Waals surface area contributed by atoms with Crippen molar-refractivity contribution >= 4 is 0 Å². The van der Waals surface area contributed by atoms with Crippen LogP contribution in [0.15, 0.2) is 18.2 Å². The number of aliphatic hydroxyl groups is 1. The van der Waals surface area contributed by atoms with E-state index in [0.717, 1.165) is 24.6 Å². The average molecular weight is 273 g/mol. The summed E-state index contributed by atoms with van der Waals surface area (Å²) in [5.74, 6) is -1.15. The van der Waals surface area contributed by atoms with Crippen LogP contribution in [0.5, 0.6) is 0 Å². The van der Waals surface area contributed by atoms with Gasteiger partial charge in [0.1, 0.15) is 11.6 Å².